The van der Waals surface area contributed by atoms with Gasteiger partial charge in [0.1, 0.15) is 11.8 Å². The van der Waals surface area contributed by atoms with Crippen LogP contribution in [0.2, 0.25) is 5.02 Å². The molecule has 0 aromatic heterocycles. The molecule has 1 unspecified atom stereocenters. The highest BCUT2D eigenvalue weighted by Gasteiger charge is 2.26. The van der Waals surface area contributed by atoms with Crippen molar-refractivity contribution in [3.05, 3.63) is 59.1 Å². The standard InChI is InChI=1S/C18H21ClN2O4S/c1-3-20-18(22)16(11-13-7-5-4-6-8-13)21-26(23,24)14-9-10-17(25-2)15(19)12-14/h4-10,12,16,21H,3,11H2,1-2H3,(H,20,22). The second-order valence-corrected chi connectivity index (χ2v) is 7.68. The molecule has 0 aliphatic heterocycles. The minimum atomic E-state index is -3.94. The zero-order valence-electron chi connectivity index (χ0n) is 14.5. The molecule has 8 heteroatoms. The summed E-state index contributed by atoms with van der Waals surface area (Å²) in [5.74, 6) is -0.0188. The van der Waals surface area contributed by atoms with Gasteiger partial charge >= 0.3 is 0 Å². The molecule has 0 saturated carbocycles. The summed E-state index contributed by atoms with van der Waals surface area (Å²) >= 11 is 6.02. The lowest BCUT2D eigenvalue weighted by Crippen LogP contribution is -2.47. The van der Waals surface area contributed by atoms with Gasteiger partial charge in [-0.25, -0.2) is 8.42 Å². The van der Waals surface area contributed by atoms with Crippen LogP contribution in [-0.2, 0) is 21.2 Å². The van der Waals surface area contributed by atoms with E-state index in [0.717, 1.165) is 5.56 Å². The maximum absolute atomic E-state index is 12.7. The van der Waals surface area contributed by atoms with Crippen LogP contribution >= 0.6 is 11.6 Å². The lowest BCUT2D eigenvalue weighted by atomic mass is 10.1. The minimum absolute atomic E-state index is 0.0364. The molecule has 6 nitrogen and oxygen atoms in total. The molecule has 2 rings (SSSR count). The van der Waals surface area contributed by atoms with Crippen molar-refractivity contribution in [2.75, 3.05) is 13.7 Å². The average molecular weight is 397 g/mol. The van der Waals surface area contributed by atoms with Crippen LogP contribution in [-0.4, -0.2) is 34.0 Å². The van der Waals surface area contributed by atoms with Gasteiger partial charge in [0, 0.05) is 6.54 Å². The van der Waals surface area contributed by atoms with Crippen molar-refractivity contribution in [3.8, 4) is 5.75 Å². The number of halogens is 1. The zero-order chi connectivity index (χ0) is 19.2. The van der Waals surface area contributed by atoms with Crippen LogP contribution in [0.15, 0.2) is 53.4 Å². The van der Waals surface area contributed by atoms with Gasteiger partial charge in [-0.3, -0.25) is 4.79 Å². The maximum Gasteiger partial charge on any atom is 0.241 e. The van der Waals surface area contributed by atoms with Crippen molar-refractivity contribution < 1.29 is 17.9 Å². The first kappa shape index (κ1) is 20.2. The van der Waals surface area contributed by atoms with E-state index < -0.39 is 16.1 Å². The predicted molar refractivity (Wildman–Crippen MR) is 101 cm³/mol. The number of hydrogen-bond acceptors (Lipinski definition) is 4. The normalized spacial score (nSPS) is 12.4. The molecule has 0 aliphatic carbocycles. The van der Waals surface area contributed by atoms with Crippen molar-refractivity contribution in [3.63, 3.8) is 0 Å². The van der Waals surface area contributed by atoms with Crippen molar-refractivity contribution in [1.29, 1.82) is 0 Å². The Morgan fingerprint density at radius 3 is 2.46 bits per heavy atom. The Hall–Kier alpha value is -2.09. The number of carbonyl (C=O) groups is 1. The second kappa shape index (κ2) is 9.02. The van der Waals surface area contributed by atoms with Gasteiger partial charge in [-0.05, 0) is 37.1 Å². The maximum atomic E-state index is 12.7. The summed E-state index contributed by atoms with van der Waals surface area (Å²) in [7, 11) is -2.50. The summed E-state index contributed by atoms with van der Waals surface area (Å²) in [5.41, 5.74) is 0.846. The fourth-order valence-electron chi connectivity index (χ4n) is 2.40. The van der Waals surface area contributed by atoms with Gasteiger partial charge in [0.25, 0.3) is 0 Å². The van der Waals surface area contributed by atoms with Gasteiger partial charge < -0.3 is 10.1 Å². The Morgan fingerprint density at radius 1 is 1.19 bits per heavy atom. The average Bonchev–Trinajstić information content (AvgIpc) is 2.62. The van der Waals surface area contributed by atoms with E-state index in [0.29, 0.717) is 12.3 Å². The van der Waals surface area contributed by atoms with Crippen molar-refractivity contribution in [2.24, 2.45) is 0 Å². The number of benzene rings is 2. The third kappa shape index (κ3) is 5.20. The van der Waals surface area contributed by atoms with Crippen LogP contribution in [0, 0.1) is 0 Å². The van der Waals surface area contributed by atoms with Gasteiger partial charge in [0.2, 0.25) is 15.9 Å². The first-order valence-electron chi connectivity index (χ1n) is 8.05. The molecule has 2 aromatic rings. The number of nitrogens with one attached hydrogen (secondary N) is 2. The summed E-state index contributed by atoms with van der Waals surface area (Å²) < 4.78 is 32.9. The third-order valence-electron chi connectivity index (χ3n) is 3.68. The number of hydrogen-bond donors (Lipinski definition) is 2. The van der Waals surface area contributed by atoms with Gasteiger partial charge in [-0.1, -0.05) is 41.9 Å². The number of rotatable bonds is 8. The van der Waals surface area contributed by atoms with E-state index in [1.165, 1.54) is 25.3 Å². The summed E-state index contributed by atoms with van der Waals surface area (Å²) in [4.78, 5) is 12.3. The SMILES string of the molecule is CCNC(=O)C(Cc1ccccc1)NS(=O)(=O)c1ccc(OC)c(Cl)c1. The molecular weight excluding hydrogens is 376 g/mol. The molecule has 140 valence electrons. The van der Waals surface area contributed by atoms with E-state index >= 15 is 0 Å². The number of methoxy groups -OCH3 is 1. The summed E-state index contributed by atoms with van der Waals surface area (Å²) in [5, 5.41) is 2.83. The molecule has 0 radical (unpaired) electrons. The van der Waals surface area contributed by atoms with E-state index in [9.17, 15) is 13.2 Å². The minimum Gasteiger partial charge on any atom is -0.495 e. The first-order valence-corrected chi connectivity index (χ1v) is 9.91. The van der Waals surface area contributed by atoms with Crippen LogP contribution in [0.25, 0.3) is 0 Å². The van der Waals surface area contributed by atoms with E-state index in [4.69, 9.17) is 16.3 Å². The Morgan fingerprint density at radius 2 is 1.88 bits per heavy atom. The van der Waals surface area contributed by atoms with Crippen LogP contribution < -0.4 is 14.8 Å². The molecular formula is C18H21ClN2O4S. The fourth-order valence-corrected chi connectivity index (χ4v) is 3.95. The number of ether oxygens (including phenoxy) is 1. The van der Waals surface area contributed by atoms with Crippen LogP contribution in [0.5, 0.6) is 5.75 Å². The van der Waals surface area contributed by atoms with Gasteiger partial charge in [0.15, 0.2) is 0 Å². The molecule has 0 bridgehead atoms. The number of likely N-dealkylation sites (N-methyl/N-ethyl adjacent to an activating group) is 1. The largest absolute Gasteiger partial charge is 0.495 e. The summed E-state index contributed by atoms with van der Waals surface area (Å²) in [6, 6.07) is 12.4. The Balaban J connectivity index is 2.27. The van der Waals surface area contributed by atoms with Crippen LogP contribution in [0.4, 0.5) is 0 Å². The molecule has 2 N–H and O–H groups in total. The first-order chi connectivity index (χ1) is 12.4. The number of sulfonamides is 1. The molecule has 0 aliphatic rings. The lowest BCUT2D eigenvalue weighted by molar-refractivity contribution is -0.122. The van der Waals surface area contributed by atoms with E-state index in [1.807, 2.05) is 30.3 Å². The zero-order valence-corrected chi connectivity index (χ0v) is 16.1. The van der Waals surface area contributed by atoms with Crippen LogP contribution in [0.1, 0.15) is 12.5 Å². The van der Waals surface area contributed by atoms with Gasteiger partial charge in [-0.2, -0.15) is 4.72 Å². The second-order valence-electron chi connectivity index (χ2n) is 5.55. The smallest absolute Gasteiger partial charge is 0.241 e. The van der Waals surface area contributed by atoms with Gasteiger partial charge in [-0.15, -0.1) is 0 Å². The van der Waals surface area contributed by atoms with Crippen LogP contribution in [0.3, 0.4) is 0 Å². The van der Waals surface area contributed by atoms with E-state index in [2.05, 4.69) is 10.0 Å². The highest BCUT2D eigenvalue weighted by Crippen LogP contribution is 2.27. The molecule has 1 amide bonds. The number of carbonyl (C=O) groups excluding carboxylic acids is 1. The Labute approximate surface area is 158 Å². The molecule has 0 heterocycles. The highest BCUT2D eigenvalue weighted by molar-refractivity contribution is 7.89. The van der Waals surface area contributed by atoms with Crippen molar-refractivity contribution >= 4 is 27.5 Å². The molecule has 0 spiro atoms. The molecule has 0 saturated heterocycles. The van der Waals surface area contributed by atoms with Gasteiger partial charge in [0.05, 0.1) is 17.0 Å². The quantitative estimate of drug-likeness (QED) is 0.717. The lowest BCUT2D eigenvalue weighted by Gasteiger charge is -2.18. The molecule has 26 heavy (non-hydrogen) atoms. The molecule has 2 aromatic carbocycles. The summed E-state index contributed by atoms with van der Waals surface area (Å²) in [6.07, 6.45) is 0.232. The third-order valence-corrected chi connectivity index (χ3v) is 5.45. The molecule has 1 atom stereocenters. The Bertz CT molecular complexity index is 857. The molecule has 0 fully saturated rings. The van der Waals surface area contributed by atoms with E-state index in [1.54, 1.807) is 6.92 Å². The van der Waals surface area contributed by atoms with Crippen molar-refractivity contribution in [1.82, 2.24) is 10.0 Å². The van der Waals surface area contributed by atoms with Crippen molar-refractivity contribution in [2.45, 2.75) is 24.3 Å². The fraction of sp³-hybridized carbons (Fsp3) is 0.278. The monoisotopic (exact) mass is 396 g/mol. The highest BCUT2D eigenvalue weighted by atomic mass is 35.5. The Kier molecular flexibility index (Phi) is 7.02. The predicted octanol–water partition coefficient (Wildman–Crippen LogP) is 2.37. The van der Waals surface area contributed by atoms with E-state index in [-0.39, 0.29) is 22.2 Å². The topological polar surface area (TPSA) is 84.5 Å². The summed E-state index contributed by atoms with van der Waals surface area (Å²) in [6.45, 7) is 2.18. The number of amides is 1.